The molecule has 3 aromatic rings. The van der Waals surface area contributed by atoms with Crippen molar-refractivity contribution in [1.29, 1.82) is 5.26 Å². The largest absolute Gasteiger partial charge is 0.457 e. The van der Waals surface area contributed by atoms with E-state index in [4.69, 9.17) is 10.00 Å². The summed E-state index contributed by atoms with van der Waals surface area (Å²) in [5.74, 6) is -0.391. The van der Waals surface area contributed by atoms with Crippen molar-refractivity contribution in [2.45, 2.75) is 6.61 Å². The van der Waals surface area contributed by atoms with Gasteiger partial charge in [-0.15, -0.1) is 0 Å². The molecule has 0 saturated carbocycles. The average molecular weight is 287 g/mol. The van der Waals surface area contributed by atoms with Crippen LogP contribution in [0.1, 0.15) is 21.5 Å². The van der Waals surface area contributed by atoms with Gasteiger partial charge in [-0.1, -0.05) is 42.5 Å². The Morgan fingerprint density at radius 3 is 2.45 bits per heavy atom. The van der Waals surface area contributed by atoms with Crippen LogP contribution in [0.5, 0.6) is 0 Å². The van der Waals surface area contributed by atoms with Crippen LogP contribution < -0.4 is 0 Å². The first-order chi connectivity index (χ1) is 10.8. The lowest BCUT2D eigenvalue weighted by Crippen LogP contribution is -2.05. The normalized spacial score (nSPS) is 10.1. The molecule has 0 radical (unpaired) electrons. The number of esters is 1. The van der Waals surface area contributed by atoms with Crippen LogP contribution >= 0.6 is 0 Å². The fourth-order valence-electron chi connectivity index (χ4n) is 2.33. The van der Waals surface area contributed by atoms with Crippen molar-refractivity contribution < 1.29 is 9.53 Å². The van der Waals surface area contributed by atoms with E-state index < -0.39 is 5.97 Å². The maximum atomic E-state index is 12.0. The summed E-state index contributed by atoms with van der Waals surface area (Å²) >= 11 is 0. The molecule has 0 fully saturated rings. The van der Waals surface area contributed by atoms with Crippen molar-refractivity contribution in [3.63, 3.8) is 0 Å². The van der Waals surface area contributed by atoms with Crippen LogP contribution in [0.4, 0.5) is 0 Å². The average Bonchev–Trinajstić information content (AvgIpc) is 2.59. The van der Waals surface area contributed by atoms with Gasteiger partial charge in [-0.2, -0.15) is 5.26 Å². The standard InChI is InChI=1S/C19H13NO2/c20-12-14-8-10-16(11-9-14)19(21)22-13-17-6-3-5-15-4-1-2-7-18(15)17/h1-11H,13H2. The molecule has 3 heteroatoms. The molecular formula is C19H13NO2. The minimum Gasteiger partial charge on any atom is -0.457 e. The molecule has 0 amide bonds. The summed E-state index contributed by atoms with van der Waals surface area (Å²) < 4.78 is 5.37. The molecule has 3 aromatic carbocycles. The Balaban J connectivity index is 1.76. The molecule has 0 bridgehead atoms. The Morgan fingerprint density at radius 2 is 1.68 bits per heavy atom. The zero-order chi connectivity index (χ0) is 15.4. The molecular weight excluding hydrogens is 274 g/mol. The van der Waals surface area contributed by atoms with Crippen molar-refractivity contribution in [2.75, 3.05) is 0 Å². The van der Waals surface area contributed by atoms with Gasteiger partial charge in [0.1, 0.15) is 6.61 Å². The third kappa shape index (κ3) is 2.82. The molecule has 3 rings (SSSR count). The monoisotopic (exact) mass is 287 g/mol. The van der Waals surface area contributed by atoms with E-state index in [0.29, 0.717) is 11.1 Å². The SMILES string of the molecule is N#Cc1ccc(C(=O)OCc2cccc3ccccc23)cc1. The van der Waals surface area contributed by atoms with Crippen molar-refractivity contribution in [2.24, 2.45) is 0 Å². The van der Waals surface area contributed by atoms with E-state index in [2.05, 4.69) is 0 Å². The number of hydrogen-bond donors (Lipinski definition) is 0. The second-order valence-electron chi connectivity index (χ2n) is 4.90. The molecule has 0 atom stereocenters. The minimum absolute atomic E-state index is 0.222. The van der Waals surface area contributed by atoms with E-state index >= 15 is 0 Å². The molecule has 22 heavy (non-hydrogen) atoms. The molecule has 0 aromatic heterocycles. The van der Waals surface area contributed by atoms with Gasteiger partial charge in [0, 0.05) is 0 Å². The Hall–Kier alpha value is -3.12. The van der Waals surface area contributed by atoms with Crippen LogP contribution in [0, 0.1) is 11.3 Å². The molecule has 0 saturated heterocycles. The van der Waals surface area contributed by atoms with Crippen LogP contribution in [-0.2, 0) is 11.3 Å². The molecule has 0 aliphatic rings. The summed E-state index contributed by atoms with van der Waals surface area (Å²) in [5.41, 5.74) is 1.94. The van der Waals surface area contributed by atoms with Crippen LogP contribution in [0.15, 0.2) is 66.7 Å². The zero-order valence-electron chi connectivity index (χ0n) is 11.8. The van der Waals surface area contributed by atoms with Crippen LogP contribution in [0.2, 0.25) is 0 Å². The number of fused-ring (bicyclic) bond motifs is 1. The number of carbonyl (C=O) groups excluding carboxylic acids is 1. The van der Waals surface area contributed by atoms with Gasteiger partial charge in [-0.05, 0) is 40.6 Å². The van der Waals surface area contributed by atoms with Crippen molar-refractivity contribution in [3.8, 4) is 6.07 Å². The fraction of sp³-hybridized carbons (Fsp3) is 0.0526. The lowest BCUT2D eigenvalue weighted by atomic mass is 10.1. The molecule has 0 aliphatic carbocycles. The molecule has 0 N–H and O–H groups in total. The number of ether oxygens (including phenoxy) is 1. The van der Waals surface area contributed by atoms with E-state index in [1.807, 2.05) is 48.5 Å². The number of rotatable bonds is 3. The highest BCUT2D eigenvalue weighted by Crippen LogP contribution is 2.19. The topological polar surface area (TPSA) is 50.1 Å². The van der Waals surface area contributed by atoms with Gasteiger partial charge in [0.25, 0.3) is 0 Å². The first kappa shape index (κ1) is 13.8. The maximum Gasteiger partial charge on any atom is 0.338 e. The second kappa shape index (κ2) is 6.11. The summed E-state index contributed by atoms with van der Waals surface area (Å²) in [5, 5.41) is 11.0. The fourth-order valence-corrected chi connectivity index (χ4v) is 2.33. The van der Waals surface area contributed by atoms with Gasteiger partial charge < -0.3 is 4.74 Å². The van der Waals surface area contributed by atoms with Crippen molar-refractivity contribution in [3.05, 3.63) is 83.4 Å². The first-order valence-corrected chi connectivity index (χ1v) is 6.92. The van der Waals surface area contributed by atoms with Crippen molar-refractivity contribution in [1.82, 2.24) is 0 Å². The van der Waals surface area contributed by atoms with Gasteiger partial charge in [0.05, 0.1) is 17.2 Å². The molecule has 0 spiro atoms. The quantitative estimate of drug-likeness (QED) is 0.682. The van der Waals surface area contributed by atoms with E-state index in [1.165, 1.54) is 0 Å². The highest BCUT2D eigenvalue weighted by molar-refractivity contribution is 5.90. The third-order valence-electron chi connectivity index (χ3n) is 3.49. The Labute approximate surface area is 128 Å². The molecule has 0 aliphatic heterocycles. The number of nitriles is 1. The highest BCUT2D eigenvalue weighted by Gasteiger charge is 2.08. The van der Waals surface area contributed by atoms with Crippen LogP contribution in [0.3, 0.4) is 0 Å². The Kier molecular flexibility index (Phi) is 3.84. The Bertz CT molecular complexity index is 855. The van der Waals surface area contributed by atoms with Gasteiger partial charge in [-0.3, -0.25) is 0 Å². The summed E-state index contributed by atoms with van der Waals surface area (Å²) in [7, 11) is 0. The molecule has 0 unspecified atom stereocenters. The van der Waals surface area contributed by atoms with Gasteiger partial charge in [0.15, 0.2) is 0 Å². The number of hydrogen-bond acceptors (Lipinski definition) is 3. The summed E-state index contributed by atoms with van der Waals surface area (Å²) in [6.45, 7) is 0.222. The number of benzene rings is 3. The molecule has 3 nitrogen and oxygen atoms in total. The second-order valence-corrected chi connectivity index (χ2v) is 4.90. The van der Waals surface area contributed by atoms with Gasteiger partial charge in [0.2, 0.25) is 0 Å². The number of nitrogens with zero attached hydrogens (tertiary/aromatic N) is 1. The zero-order valence-corrected chi connectivity index (χ0v) is 11.8. The van der Waals surface area contributed by atoms with Gasteiger partial charge in [-0.25, -0.2) is 4.79 Å². The molecule has 106 valence electrons. The summed E-state index contributed by atoms with van der Waals surface area (Å²) in [4.78, 5) is 12.0. The third-order valence-corrected chi connectivity index (χ3v) is 3.49. The van der Waals surface area contributed by atoms with Crippen molar-refractivity contribution >= 4 is 16.7 Å². The predicted molar refractivity (Wildman–Crippen MR) is 84.2 cm³/mol. The minimum atomic E-state index is -0.391. The van der Waals surface area contributed by atoms with Crippen LogP contribution in [-0.4, -0.2) is 5.97 Å². The van der Waals surface area contributed by atoms with E-state index in [1.54, 1.807) is 24.3 Å². The maximum absolute atomic E-state index is 12.0. The lowest BCUT2D eigenvalue weighted by Gasteiger charge is -2.08. The van der Waals surface area contributed by atoms with E-state index in [0.717, 1.165) is 16.3 Å². The van der Waals surface area contributed by atoms with Crippen LogP contribution in [0.25, 0.3) is 10.8 Å². The van der Waals surface area contributed by atoms with E-state index in [9.17, 15) is 4.79 Å². The number of carbonyl (C=O) groups is 1. The first-order valence-electron chi connectivity index (χ1n) is 6.92. The smallest absolute Gasteiger partial charge is 0.338 e. The Morgan fingerprint density at radius 1 is 0.955 bits per heavy atom. The predicted octanol–water partition coefficient (Wildman–Crippen LogP) is 4.07. The highest BCUT2D eigenvalue weighted by atomic mass is 16.5. The lowest BCUT2D eigenvalue weighted by molar-refractivity contribution is 0.0474. The summed E-state index contributed by atoms with van der Waals surface area (Å²) in [6.07, 6.45) is 0. The summed E-state index contributed by atoms with van der Waals surface area (Å²) in [6, 6.07) is 22.4. The molecule has 0 heterocycles. The van der Waals surface area contributed by atoms with Gasteiger partial charge >= 0.3 is 5.97 Å². The van der Waals surface area contributed by atoms with E-state index in [-0.39, 0.29) is 6.61 Å².